The number of pyridine rings is 1. The Morgan fingerprint density at radius 1 is 1.26 bits per heavy atom. The van der Waals surface area contributed by atoms with Gasteiger partial charge in [0.05, 0.1) is 24.4 Å². The highest BCUT2D eigenvalue weighted by atomic mass is 32.2. The predicted molar refractivity (Wildman–Crippen MR) is 140 cm³/mol. The number of aromatic amines is 2. The van der Waals surface area contributed by atoms with Crippen LogP contribution in [0.5, 0.6) is 0 Å². The van der Waals surface area contributed by atoms with Crippen LogP contribution in [0, 0.1) is 6.92 Å². The SMILES string of the molecule is CCNCc1cncc(-c2ccc3[nH]nc(-c4ncc(C(=O)NC(CO)CCSC)[nH]4)c3c2)c1C. The Hall–Kier alpha value is -3.21. The van der Waals surface area contributed by atoms with Crippen molar-refractivity contribution in [2.75, 3.05) is 25.2 Å². The average molecular weight is 494 g/mol. The number of carbonyl (C=O) groups is 1. The highest BCUT2D eigenvalue weighted by Gasteiger charge is 2.18. The minimum absolute atomic E-state index is 0.107. The van der Waals surface area contributed by atoms with E-state index in [0.717, 1.165) is 46.4 Å². The van der Waals surface area contributed by atoms with Crippen LogP contribution in [0.3, 0.4) is 0 Å². The minimum Gasteiger partial charge on any atom is -0.394 e. The predicted octanol–water partition coefficient (Wildman–Crippen LogP) is 3.28. The lowest BCUT2D eigenvalue weighted by molar-refractivity contribution is 0.0911. The van der Waals surface area contributed by atoms with E-state index in [4.69, 9.17) is 0 Å². The van der Waals surface area contributed by atoms with Gasteiger partial charge in [0.2, 0.25) is 0 Å². The number of thioether (sulfide) groups is 1. The van der Waals surface area contributed by atoms with Crippen molar-refractivity contribution in [3.05, 3.63) is 53.6 Å². The van der Waals surface area contributed by atoms with E-state index in [1.807, 2.05) is 24.7 Å². The van der Waals surface area contributed by atoms with E-state index in [9.17, 15) is 9.90 Å². The third-order valence-electron chi connectivity index (χ3n) is 6.03. The second-order valence-electron chi connectivity index (χ2n) is 8.36. The summed E-state index contributed by atoms with van der Waals surface area (Å²) in [5, 5.41) is 24.2. The van der Waals surface area contributed by atoms with Crippen molar-refractivity contribution in [1.29, 1.82) is 0 Å². The standard InChI is InChI=1S/C25H31N7O2S/c1-4-26-10-17-11-27-12-20(15(17)2)16-5-6-21-19(9-16)23(32-31-21)24-28-13-22(30-24)25(34)29-18(14-33)7-8-35-3/h5-6,9,11-13,18,26,33H,4,7-8,10,14H2,1-3H3,(H,28,30)(H,29,34)(H,31,32). The van der Waals surface area contributed by atoms with Gasteiger partial charge in [0, 0.05) is 29.9 Å². The maximum atomic E-state index is 12.7. The number of hydrogen-bond donors (Lipinski definition) is 5. The number of hydrogen-bond acceptors (Lipinski definition) is 7. The molecule has 35 heavy (non-hydrogen) atoms. The average Bonchev–Trinajstić information content (AvgIpc) is 3.52. The van der Waals surface area contributed by atoms with Crippen LogP contribution in [0.25, 0.3) is 33.5 Å². The first-order valence-corrected chi connectivity index (χ1v) is 13.0. The second kappa shape index (κ2) is 11.5. The van der Waals surface area contributed by atoms with Crippen LogP contribution in [-0.2, 0) is 6.54 Å². The Labute approximate surface area is 208 Å². The molecule has 0 saturated heterocycles. The number of fused-ring (bicyclic) bond motifs is 1. The molecular weight excluding hydrogens is 462 g/mol. The number of benzene rings is 1. The molecule has 0 saturated carbocycles. The molecule has 9 nitrogen and oxygen atoms in total. The molecule has 4 rings (SSSR count). The third-order valence-corrected chi connectivity index (χ3v) is 6.67. The number of aliphatic hydroxyl groups excluding tert-OH is 1. The molecule has 4 aromatic rings. The second-order valence-corrected chi connectivity index (χ2v) is 9.35. The van der Waals surface area contributed by atoms with Gasteiger partial charge in [-0.1, -0.05) is 13.0 Å². The van der Waals surface area contributed by atoms with Crippen molar-refractivity contribution in [2.45, 2.75) is 32.9 Å². The van der Waals surface area contributed by atoms with Gasteiger partial charge in [-0.2, -0.15) is 16.9 Å². The smallest absolute Gasteiger partial charge is 0.269 e. The Bertz CT molecular complexity index is 1300. The zero-order valence-electron chi connectivity index (χ0n) is 20.2. The maximum absolute atomic E-state index is 12.7. The van der Waals surface area contributed by atoms with Crippen LogP contribution >= 0.6 is 11.8 Å². The third kappa shape index (κ3) is 5.55. The highest BCUT2D eigenvalue weighted by Crippen LogP contribution is 2.31. The topological polar surface area (TPSA) is 132 Å². The van der Waals surface area contributed by atoms with E-state index in [2.05, 4.69) is 61.8 Å². The molecule has 1 amide bonds. The Kier molecular flexibility index (Phi) is 8.17. The van der Waals surface area contributed by atoms with Crippen molar-refractivity contribution in [3.8, 4) is 22.6 Å². The van der Waals surface area contributed by atoms with Crippen molar-refractivity contribution in [3.63, 3.8) is 0 Å². The van der Waals surface area contributed by atoms with E-state index >= 15 is 0 Å². The fourth-order valence-corrected chi connectivity index (χ4v) is 4.47. The molecule has 3 aromatic heterocycles. The van der Waals surface area contributed by atoms with Crippen LogP contribution < -0.4 is 10.6 Å². The maximum Gasteiger partial charge on any atom is 0.269 e. The lowest BCUT2D eigenvalue weighted by Gasteiger charge is -2.14. The Morgan fingerprint density at radius 2 is 2.11 bits per heavy atom. The molecule has 0 bridgehead atoms. The summed E-state index contributed by atoms with van der Waals surface area (Å²) in [6.07, 6.45) is 7.98. The summed E-state index contributed by atoms with van der Waals surface area (Å²) in [6, 6.07) is 5.82. The van der Waals surface area contributed by atoms with E-state index in [1.165, 1.54) is 11.8 Å². The number of rotatable bonds is 11. The number of aliphatic hydroxyl groups is 1. The number of nitrogens with one attached hydrogen (secondary N) is 4. The highest BCUT2D eigenvalue weighted by molar-refractivity contribution is 7.98. The van der Waals surface area contributed by atoms with Gasteiger partial charge in [-0.05, 0) is 60.7 Å². The molecule has 3 heterocycles. The zero-order valence-corrected chi connectivity index (χ0v) is 21.0. The monoisotopic (exact) mass is 493 g/mol. The van der Waals surface area contributed by atoms with Crippen LogP contribution in [0.2, 0.25) is 0 Å². The molecule has 1 unspecified atom stereocenters. The number of carbonyl (C=O) groups excluding carboxylic acids is 1. The molecule has 0 aliphatic carbocycles. The summed E-state index contributed by atoms with van der Waals surface area (Å²) in [5.74, 6) is 1.05. The number of nitrogens with zero attached hydrogens (tertiary/aromatic N) is 3. The largest absolute Gasteiger partial charge is 0.394 e. The van der Waals surface area contributed by atoms with E-state index in [0.29, 0.717) is 23.6 Å². The number of aromatic nitrogens is 5. The summed E-state index contributed by atoms with van der Waals surface area (Å²) in [6.45, 7) is 5.76. The molecule has 5 N–H and O–H groups in total. The van der Waals surface area contributed by atoms with Crippen molar-refractivity contribution in [1.82, 2.24) is 35.8 Å². The molecule has 10 heteroatoms. The Balaban J connectivity index is 1.61. The van der Waals surface area contributed by atoms with Gasteiger partial charge < -0.3 is 20.7 Å². The van der Waals surface area contributed by atoms with Crippen LogP contribution in [0.1, 0.15) is 35.0 Å². The molecule has 0 fully saturated rings. The first kappa shape index (κ1) is 24.9. The fourth-order valence-electron chi connectivity index (χ4n) is 3.95. The molecule has 0 aliphatic rings. The summed E-state index contributed by atoms with van der Waals surface area (Å²) < 4.78 is 0. The molecule has 0 spiro atoms. The summed E-state index contributed by atoms with van der Waals surface area (Å²) >= 11 is 1.67. The van der Waals surface area contributed by atoms with Gasteiger partial charge in [0.15, 0.2) is 5.82 Å². The van der Waals surface area contributed by atoms with Crippen LogP contribution in [-0.4, -0.2) is 67.4 Å². The van der Waals surface area contributed by atoms with E-state index in [-0.39, 0.29) is 18.6 Å². The molecule has 1 aromatic carbocycles. The first-order chi connectivity index (χ1) is 17.0. The number of amides is 1. The van der Waals surface area contributed by atoms with Crippen molar-refractivity contribution < 1.29 is 9.90 Å². The first-order valence-electron chi connectivity index (χ1n) is 11.6. The van der Waals surface area contributed by atoms with Gasteiger partial charge in [0.25, 0.3) is 5.91 Å². The van der Waals surface area contributed by atoms with Crippen molar-refractivity contribution in [2.24, 2.45) is 0 Å². The molecule has 0 radical (unpaired) electrons. The number of H-pyrrole nitrogens is 2. The van der Waals surface area contributed by atoms with E-state index < -0.39 is 0 Å². The lowest BCUT2D eigenvalue weighted by atomic mass is 9.98. The van der Waals surface area contributed by atoms with Gasteiger partial charge in [-0.3, -0.25) is 14.9 Å². The van der Waals surface area contributed by atoms with E-state index in [1.54, 1.807) is 11.8 Å². The summed E-state index contributed by atoms with van der Waals surface area (Å²) in [7, 11) is 0. The summed E-state index contributed by atoms with van der Waals surface area (Å²) in [5.41, 5.74) is 6.28. The Morgan fingerprint density at radius 3 is 2.89 bits per heavy atom. The van der Waals surface area contributed by atoms with Crippen LogP contribution in [0.15, 0.2) is 36.8 Å². The molecular formula is C25H31N7O2S. The minimum atomic E-state index is -0.302. The van der Waals surface area contributed by atoms with Gasteiger partial charge in [-0.15, -0.1) is 0 Å². The molecule has 184 valence electrons. The normalized spacial score (nSPS) is 12.2. The van der Waals surface area contributed by atoms with Crippen LogP contribution in [0.4, 0.5) is 0 Å². The van der Waals surface area contributed by atoms with Gasteiger partial charge in [0.1, 0.15) is 11.4 Å². The van der Waals surface area contributed by atoms with Gasteiger partial charge >= 0.3 is 0 Å². The number of imidazole rings is 1. The molecule has 0 aliphatic heterocycles. The quantitative estimate of drug-likeness (QED) is 0.217. The zero-order chi connectivity index (χ0) is 24.8. The van der Waals surface area contributed by atoms with Gasteiger partial charge in [-0.25, -0.2) is 4.98 Å². The molecule has 1 atom stereocenters. The summed E-state index contributed by atoms with van der Waals surface area (Å²) in [4.78, 5) is 24.6. The van der Waals surface area contributed by atoms with Crippen molar-refractivity contribution >= 4 is 28.6 Å². The lowest BCUT2D eigenvalue weighted by Crippen LogP contribution is -2.38. The fraction of sp³-hybridized carbons (Fsp3) is 0.360.